The van der Waals surface area contributed by atoms with Crippen molar-refractivity contribution in [1.29, 1.82) is 0 Å². The van der Waals surface area contributed by atoms with Crippen LogP contribution in [-0.4, -0.2) is 40.1 Å². The number of rotatable bonds is 9. The number of amides is 2. The molecule has 38 heavy (non-hydrogen) atoms. The van der Waals surface area contributed by atoms with Crippen LogP contribution in [0.2, 0.25) is 6.32 Å². The monoisotopic (exact) mass is 533 g/mol. The van der Waals surface area contributed by atoms with Crippen LogP contribution in [0.4, 0.5) is 0 Å². The van der Waals surface area contributed by atoms with Gasteiger partial charge in [-0.3, -0.25) is 14.5 Å². The highest BCUT2D eigenvalue weighted by Gasteiger charge is 2.57. The molecule has 3 aliphatic rings. The van der Waals surface area contributed by atoms with Gasteiger partial charge in [-0.05, 0) is 79.1 Å². The minimum atomic E-state index is -0.949. The predicted molar refractivity (Wildman–Crippen MR) is 150 cm³/mol. The number of nitrogens with zero attached hydrogens (tertiary/aromatic N) is 1. The van der Waals surface area contributed by atoms with E-state index in [4.69, 9.17) is 4.65 Å². The van der Waals surface area contributed by atoms with Crippen molar-refractivity contribution in [2.45, 2.75) is 71.3 Å². The fourth-order valence-corrected chi connectivity index (χ4v) is 7.29. The lowest BCUT2D eigenvalue weighted by Crippen LogP contribution is -2.46. The molecule has 2 amide bonds. The summed E-state index contributed by atoms with van der Waals surface area (Å²) in [6, 6.07) is 11.1. The van der Waals surface area contributed by atoms with Gasteiger partial charge < -0.3 is 14.8 Å². The number of carbonyl (C=O) groups excluding carboxylic acids is 2. The van der Waals surface area contributed by atoms with Crippen LogP contribution in [0.15, 0.2) is 58.5 Å². The summed E-state index contributed by atoms with van der Waals surface area (Å²) in [6.07, 6.45) is 7.16. The number of benzene rings is 1. The van der Waals surface area contributed by atoms with Crippen LogP contribution >= 0.6 is 11.3 Å². The molecule has 2 N–H and O–H groups in total. The van der Waals surface area contributed by atoms with Gasteiger partial charge in [0.15, 0.2) is 0 Å². The van der Waals surface area contributed by atoms with E-state index < -0.39 is 13.0 Å². The molecule has 6 nitrogen and oxygen atoms in total. The maximum atomic E-state index is 13.7. The van der Waals surface area contributed by atoms with E-state index in [1.54, 1.807) is 23.5 Å². The van der Waals surface area contributed by atoms with E-state index in [1.165, 1.54) is 16.0 Å². The van der Waals surface area contributed by atoms with Gasteiger partial charge in [-0.1, -0.05) is 55.7 Å². The summed E-state index contributed by atoms with van der Waals surface area (Å²) in [6.45, 7) is 4.60. The van der Waals surface area contributed by atoms with Gasteiger partial charge >= 0.3 is 7.12 Å². The number of hydrogen-bond acceptors (Lipinski definition) is 6. The number of allylic oxidation sites excluding steroid dienone is 2. The van der Waals surface area contributed by atoms with Crippen molar-refractivity contribution in [1.82, 2.24) is 4.90 Å². The summed E-state index contributed by atoms with van der Waals surface area (Å²) < 4.78 is 6.13. The van der Waals surface area contributed by atoms with E-state index in [0.29, 0.717) is 19.3 Å². The summed E-state index contributed by atoms with van der Waals surface area (Å²) in [5.41, 5.74) is 4.70. The van der Waals surface area contributed by atoms with Crippen LogP contribution in [0.1, 0.15) is 62.8 Å². The SMILES string of the molecule is CCC/C(=C\c1ccc(O)cc1)CC[C@H]1OB(O)C[C@H]2C1=C(CC)C[C@H]1C(=O)N(Cc3cccs3)C(=O)[C@H]12. The second-order valence-electron chi connectivity index (χ2n) is 10.7. The standard InChI is InChI=1S/C30H36BNO5S/c1-3-6-19(15-20-8-11-22(33)12-9-20)10-13-26-27-21(4-2)16-24-28(25(27)17-31(36)37-26)30(35)32(29(24)34)18-23-7-5-14-38-23/h5,7-9,11-12,14-15,24-26,28,33,36H,3-4,6,10,13,16-18H2,1-2H3/b19-15+/t24-,25+,26-,28-/m1/s1. The van der Waals surface area contributed by atoms with Gasteiger partial charge in [-0.2, -0.15) is 0 Å². The van der Waals surface area contributed by atoms with Crippen LogP contribution in [0.3, 0.4) is 0 Å². The smallest absolute Gasteiger partial charge is 0.455 e. The molecule has 0 spiro atoms. The van der Waals surface area contributed by atoms with Crippen LogP contribution in [0.25, 0.3) is 6.08 Å². The molecule has 1 aliphatic carbocycles. The number of phenols is 1. The van der Waals surface area contributed by atoms with Crippen LogP contribution in [0.5, 0.6) is 5.75 Å². The number of fused-ring (bicyclic) bond motifs is 3. The number of carbonyl (C=O) groups is 2. The highest BCUT2D eigenvalue weighted by molar-refractivity contribution is 7.09. The van der Waals surface area contributed by atoms with E-state index in [0.717, 1.165) is 48.1 Å². The van der Waals surface area contributed by atoms with E-state index in [2.05, 4.69) is 19.9 Å². The molecule has 0 unspecified atom stereocenters. The zero-order valence-electron chi connectivity index (χ0n) is 22.1. The zero-order valence-corrected chi connectivity index (χ0v) is 23.0. The summed E-state index contributed by atoms with van der Waals surface area (Å²) in [4.78, 5) is 29.5. The number of aromatic hydroxyl groups is 1. The zero-order chi connectivity index (χ0) is 26.8. The molecule has 200 valence electrons. The third kappa shape index (κ3) is 5.40. The van der Waals surface area contributed by atoms with Crippen LogP contribution in [0, 0.1) is 17.8 Å². The minimum absolute atomic E-state index is 0.0713. The molecule has 2 aliphatic heterocycles. The number of thiophene rings is 1. The van der Waals surface area contributed by atoms with Gasteiger partial charge in [-0.25, -0.2) is 0 Å². The van der Waals surface area contributed by atoms with Crippen LogP contribution in [-0.2, 0) is 20.8 Å². The number of imide groups is 1. The topological polar surface area (TPSA) is 87.1 Å². The van der Waals surface area contributed by atoms with Crippen molar-refractivity contribution in [3.63, 3.8) is 0 Å². The lowest BCUT2D eigenvalue weighted by Gasteiger charge is -2.43. The molecule has 1 aromatic heterocycles. The number of phenolic OH excluding ortho intramolecular Hbond substituents is 1. The molecule has 2 saturated heterocycles. The van der Waals surface area contributed by atoms with E-state index in [1.807, 2.05) is 29.6 Å². The van der Waals surface area contributed by atoms with Crippen molar-refractivity contribution in [2.75, 3.05) is 0 Å². The summed E-state index contributed by atoms with van der Waals surface area (Å²) in [5.74, 6) is -0.856. The normalized spacial score (nSPS) is 25.7. The first kappa shape index (κ1) is 26.9. The molecule has 2 aromatic rings. The van der Waals surface area contributed by atoms with Gasteiger partial charge in [0.25, 0.3) is 0 Å². The first-order valence-electron chi connectivity index (χ1n) is 13.8. The van der Waals surface area contributed by atoms with Gasteiger partial charge in [0.2, 0.25) is 11.8 Å². The second-order valence-corrected chi connectivity index (χ2v) is 11.7. The highest BCUT2D eigenvalue weighted by atomic mass is 32.1. The Balaban J connectivity index is 1.39. The summed E-state index contributed by atoms with van der Waals surface area (Å²) in [5, 5.41) is 22.3. The van der Waals surface area contributed by atoms with Crippen molar-refractivity contribution in [3.8, 4) is 5.75 Å². The number of hydrogen-bond donors (Lipinski definition) is 2. The Morgan fingerprint density at radius 2 is 1.92 bits per heavy atom. The lowest BCUT2D eigenvalue weighted by molar-refractivity contribution is -0.140. The van der Waals surface area contributed by atoms with E-state index >= 15 is 0 Å². The maximum absolute atomic E-state index is 13.7. The third-order valence-corrected chi connectivity index (χ3v) is 9.14. The molecule has 0 bridgehead atoms. The molecule has 0 radical (unpaired) electrons. The Morgan fingerprint density at radius 1 is 1.13 bits per heavy atom. The van der Waals surface area contributed by atoms with Gasteiger partial charge in [0.1, 0.15) is 5.75 Å². The van der Waals surface area contributed by atoms with Crippen LogP contribution < -0.4 is 0 Å². The average Bonchev–Trinajstić information content (AvgIpc) is 3.50. The van der Waals surface area contributed by atoms with E-state index in [-0.39, 0.29) is 35.5 Å². The fourth-order valence-electron chi connectivity index (χ4n) is 6.60. The fraction of sp³-hybridized carbons (Fsp3) is 0.467. The molecule has 5 rings (SSSR count). The molecule has 4 atom stereocenters. The molecule has 0 saturated carbocycles. The van der Waals surface area contributed by atoms with Crippen molar-refractivity contribution < 1.29 is 24.4 Å². The summed E-state index contributed by atoms with van der Waals surface area (Å²) >= 11 is 1.56. The van der Waals surface area contributed by atoms with E-state index in [9.17, 15) is 19.7 Å². The van der Waals surface area contributed by atoms with Gasteiger partial charge in [0.05, 0.1) is 24.5 Å². The lowest BCUT2D eigenvalue weighted by atomic mass is 9.58. The van der Waals surface area contributed by atoms with Crippen molar-refractivity contribution in [3.05, 3.63) is 68.9 Å². The Kier molecular flexibility index (Phi) is 8.22. The first-order valence-corrected chi connectivity index (χ1v) is 14.7. The number of likely N-dealkylation sites (tertiary alicyclic amines) is 1. The maximum Gasteiger partial charge on any atom is 0.455 e. The summed E-state index contributed by atoms with van der Waals surface area (Å²) in [7, 11) is -0.949. The third-order valence-electron chi connectivity index (χ3n) is 8.28. The molecule has 8 heteroatoms. The average molecular weight is 533 g/mol. The van der Waals surface area contributed by atoms with Crippen molar-refractivity contribution >= 4 is 36.3 Å². The van der Waals surface area contributed by atoms with Crippen molar-refractivity contribution in [2.24, 2.45) is 17.8 Å². The Labute approximate surface area is 229 Å². The molecular formula is C30H36BNO5S. The first-order chi connectivity index (χ1) is 18.4. The quantitative estimate of drug-likeness (QED) is 0.241. The second kappa shape index (κ2) is 11.6. The van der Waals surface area contributed by atoms with Gasteiger partial charge in [0, 0.05) is 4.88 Å². The Hall–Kier alpha value is -2.68. The molecule has 2 fully saturated rings. The minimum Gasteiger partial charge on any atom is -0.508 e. The molecule has 3 heterocycles. The highest BCUT2D eigenvalue weighted by Crippen LogP contribution is 2.51. The predicted octanol–water partition coefficient (Wildman–Crippen LogP) is 5.82. The molecular weight excluding hydrogens is 497 g/mol. The molecule has 1 aromatic carbocycles. The Morgan fingerprint density at radius 3 is 2.61 bits per heavy atom. The Bertz CT molecular complexity index is 1220. The van der Waals surface area contributed by atoms with Gasteiger partial charge in [-0.15, -0.1) is 11.3 Å². The largest absolute Gasteiger partial charge is 0.508 e.